The molecule has 0 saturated carbocycles. The van der Waals surface area contributed by atoms with Crippen molar-refractivity contribution in [2.24, 2.45) is 0 Å². The van der Waals surface area contributed by atoms with Crippen molar-refractivity contribution >= 4 is 0 Å². The Labute approximate surface area is 64.1 Å². The maximum atomic E-state index is 10.9. The standard InChI is InChI=1S/C7H10N2O2/c10-6-2-5-9-4-1-3-8-7(9)11/h1,3-4,10H,2,5-6H2. The molecule has 1 aromatic rings. The molecule has 1 rings (SSSR count). The molecule has 0 unspecified atom stereocenters. The first-order chi connectivity index (χ1) is 5.34. The van der Waals surface area contributed by atoms with Gasteiger partial charge in [0.15, 0.2) is 0 Å². The largest absolute Gasteiger partial charge is 0.396 e. The van der Waals surface area contributed by atoms with Crippen LogP contribution in [0.5, 0.6) is 0 Å². The number of aryl methyl sites for hydroxylation is 1. The lowest BCUT2D eigenvalue weighted by atomic mass is 10.4. The quantitative estimate of drug-likeness (QED) is 0.646. The SMILES string of the molecule is O=c1ncccn1CCCO. The number of aliphatic hydroxyl groups is 1. The van der Waals surface area contributed by atoms with Crippen molar-refractivity contribution in [2.45, 2.75) is 13.0 Å². The Morgan fingerprint density at radius 1 is 1.64 bits per heavy atom. The Morgan fingerprint density at radius 2 is 2.45 bits per heavy atom. The second-order valence-electron chi connectivity index (χ2n) is 2.17. The summed E-state index contributed by atoms with van der Waals surface area (Å²) in [6, 6.07) is 1.69. The van der Waals surface area contributed by atoms with Crippen LogP contribution in [-0.2, 0) is 6.54 Å². The molecule has 0 fully saturated rings. The first kappa shape index (κ1) is 7.94. The van der Waals surface area contributed by atoms with Crippen molar-refractivity contribution < 1.29 is 5.11 Å². The molecular weight excluding hydrogens is 144 g/mol. The normalized spacial score (nSPS) is 9.91. The maximum Gasteiger partial charge on any atom is 0.347 e. The molecule has 4 heteroatoms. The minimum Gasteiger partial charge on any atom is -0.396 e. The summed E-state index contributed by atoms with van der Waals surface area (Å²) in [7, 11) is 0. The molecule has 0 amide bonds. The lowest BCUT2D eigenvalue weighted by Crippen LogP contribution is -2.21. The van der Waals surface area contributed by atoms with E-state index in [1.165, 1.54) is 10.8 Å². The lowest BCUT2D eigenvalue weighted by molar-refractivity contribution is 0.278. The highest BCUT2D eigenvalue weighted by molar-refractivity contribution is 4.80. The Bertz CT molecular complexity index is 269. The highest BCUT2D eigenvalue weighted by atomic mass is 16.3. The molecule has 1 aromatic heterocycles. The van der Waals surface area contributed by atoms with E-state index >= 15 is 0 Å². The minimum atomic E-state index is -0.263. The van der Waals surface area contributed by atoms with Gasteiger partial charge in [0.1, 0.15) is 0 Å². The number of rotatable bonds is 3. The van der Waals surface area contributed by atoms with Crippen LogP contribution in [0.4, 0.5) is 0 Å². The van der Waals surface area contributed by atoms with Crippen LogP contribution in [0.3, 0.4) is 0 Å². The van der Waals surface area contributed by atoms with Gasteiger partial charge in [0.25, 0.3) is 0 Å². The summed E-state index contributed by atoms with van der Waals surface area (Å²) in [5.74, 6) is 0. The monoisotopic (exact) mass is 154 g/mol. The van der Waals surface area contributed by atoms with Crippen molar-refractivity contribution in [1.82, 2.24) is 9.55 Å². The van der Waals surface area contributed by atoms with Crippen molar-refractivity contribution in [3.8, 4) is 0 Å². The number of hydrogen-bond acceptors (Lipinski definition) is 3. The first-order valence-electron chi connectivity index (χ1n) is 3.47. The van der Waals surface area contributed by atoms with E-state index in [4.69, 9.17) is 5.11 Å². The number of aromatic nitrogens is 2. The Balaban J connectivity index is 2.70. The van der Waals surface area contributed by atoms with E-state index < -0.39 is 0 Å². The fourth-order valence-electron chi connectivity index (χ4n) is 0.798. The highest BCUT2D eigenvalue weighted by Gasteiger charge is 1.92. The lowest BCUT2D eigenvalue weighted by Gasteiger charge is -2.00. The summed E-state index contributed by atoms with van der Waals surface area (Å²) in [5, 5.41) is 8.48. The molecule has 0 aliphatic heterocycles. The Kier molecular flexibility index (Phi) is 2.80. The van der Waals surface area contributed by atoms with Crippen LogP contribution in [0, 0.1) is 0 Å². The van der Waals surface area contributed by atoms with Crippen molar-refractivity contribution in [3.63, 3.8) is 0 Å². The summed E-state index contributed by atoms with van der Waals surface area (Å²) in [5.41, 5.74) is -0.263. The molecule has 0 bridgehead atoms. The average molecular weight is 154 g/mol. The van der Waals surface area contributed by atoms with Crippen LogP contribution in [0.15, 0.2) is 23.3 Å². The van der Waals surface area contributed by atoms with Crippen molar-refractivity contribution in [1.29, 1.82) is 0 Å². The molecule has 0 aliphatic carbocycles. The fraction of sp³-hybridized carbons (Fsp3) is 0.429. The summed E-state index contributed by atoms with van der Waals surface area (Å²) in [6.07, 6.45) is 3.70. The first-order valence-corrected chi connectivity index (χ1v) is 3.47. The van der Waals surface area contributed by atoms with E-state index in [2.05, 4.69) is 4.98 Å². The molecule has 0 atom stereocenters. The van der Waals surface area contributed by atoms with Gasteiger partial charge in [-0.15, -0.1) is 0 Å². The Hall–Kier alpha value is -1.16. The predicted molar refractivity (Wildman–Crippen MR) is 40.2 cm³/mol. The molecule has 0 aliphatic rings. The van der Waals surface area contributed by atoms with E-state index in [-0.39, 0.29) is 12.3 Å². The van der Waals surface area contributed by atoms with Gasteiger partial charge in [-0.3, -0.25) is 4.57 Å². The molecule has 1 heterocycles. The minimum absolute atomic E-state index is 0.0985. The predicted octanol–water partition coefficient (Wildman–Crippen LogP) is -0.374. The number of hydrogen-bond donors (Lipinski definition) is 1. The molecular formula is C7H10N2O2. The zero-order chi connectivity index (χ0) is 8.10. The number of nitrogens with zero attached hydrogens (tertiary/aromatic N) is 2. The van der Waals surface area contributed by atoms with Gasteiger partial charge in [0, 0.05) is 25.5 Å². The molecule has 0 saturated heterocycles. The molecule has 11 heavy (non-hydrogen) atoms. The van der Waals surface area contributed by atoms with E-state index in [1.807, 2.05) is 0 Å². The van der Waals surface area contributed by atoms with E-state index in [0.29, 0.717) is 13.0 Å². The molecule has 4 nitrogen and oxygen atoms in total. The highest BCUT2D eigenvalue weighted by Crippen LogP contribution is 1.83. The van der Waals surface area contributed by atoms with E-state index in [1.54, 1.807) is 12.3 Å². The van der Waals surface area contributed by atoms with Gasteiger partial charge >= 0.3 is 5.69 Å². The zero-order valence-electron chi connectivity index (χ0n) is 6.10. The van der Waals surface area contributed by atoms with E-state index in [9.17, 15) is 4.79 Å². The topological polar surface area (TPSA) is 55.1 Å². The molecule has 60 valence electrons. The number of aliphatic hydroxyl groups excluding tert-OH is 1. The summed E-state index contributed by atoms with van der Waals surface area (Å²) < 4.78 is 1.47. The molecule has 1 N–H and O–H groups in total. The van der Waals surface area contributed by atoms with Crippen LogP contribution < -0.4 is 5.69 Å². The molecule has 0 spiro atoms. The van der Waals surface area contributed by atoms with Gasteiger partial charge in [0.05, 0.1) is 0 Å². The summed E-state index contributed by atoms with van der Waals surface area (Å²) in [4.78, 5) is 14.5. The van der Waals surface area contributed by atoms with Gasteiger partial charge in [0.2, 0.25) is 0 Å². The van der Waals surface area contributed by atoms with Gasteiger partial charge < -0.3 is 5.11 Å². The summed E-state index contributed by atoms with van der Waals surface area (Å²) >= 11 is 0. The van der Waals surface area contributed by atoms with Gasteiger partial charge in [-0.2, -0.15) is 0 Å². The fourth-order valence-corrected chi connectivity index (χ4v) is 0.798. The zero-order valence-corrected chi connectivity index (χ0v) is 6.10. The summed E-state index contributed by atoms with van der Waals surface area (Å²) in [6.45, 7) is 0.629. The van der Waals surface area contributed by atoms with Gasteiger partial charge in [-0.05, 0) is 12.5 Å². The third kappa shape index (κ3) is 2.16. The third-order valence-corrected chi connectivity index (χ3v) is 1.34. The molecule has 0 aromatic carbocycles. The third-order valence-electron chi connectivity index (χ3n) is 1.34. The second-order valence-corrected chi connectivity index (χ2v) is 2.17. The van der Waals surface area contributed by atoms with Gasteiger partial charge in [-0.1, -0.05) is 0 Å². The smallest absolute Gasteiger partial charge is 0.347 e. The van der Waals surface area contributed by atoms with Crippen LogP contribution >= 0.6 is 0 Å². The van der Waals surface area contributed by atoms with Crippen LogP contribution in [-0.4, -0.2) is 21.3 Å². The maximum absolute atomic E-state index is 10.9. The van der Waals surface area contributed by atoms with Crippen molar-refractivity contribution in [2.75, 3.05) is 6.61 Å². The molecule has 0 radical (unpaired) electrons. The van der Waals surface area contributed by atoms with Crippen LogP contribution in [0.2, 0.25) is 0 Å². The Morgan fingerprint density at radius 3 is 3.09 bits per heavy atom. The van der Waals surface area contributed by atoms with Crippen molar-refractivity contribution in [3.05, 3.63) is 28.9 Å². The van der Waals surface area contributed by atoms with Crippen LogP contribution in [0.25, 0.3) is 0 Å². The van der Waals surface area contributed by atoms with Crippen LogP contribution in [0.1, 0.15) is 6.42 Å². The average Bonchev–Trinajstić information content (AvgIpc) is 2.03. The van der Waals surface area contributed by atoms with Gasteiger partial charge in [-0.25, -0.2) is 9.78 Å². The van der Waals surface area contributed by atoms with E-state index in [0.717, 1.165) is 0 Å². The second kappa shape index (κ2) is 3.88.